The second-order valence-electron chi connectivity index (χ2n) is 6.43. The summed E-state index contributed by atoms with van der Waals surface area (Å²) in [7, 11) is 0. The van der Waals surface area contributed by atoms with E-state index in [1.807, 2.05) is 36.1 Å². The van der Waals surface area contributed by atoms with Gasteiger partial charge in [-0.1, -0.05) is 59.0 Å². The highest BCUT2D eigenvalue weighted by molar-refractivity contribution is 14.1. The molecule has 2 aromatic rings. The van der Waals surface area contributed by atoms with Gasteiger partial charge in [0, 0.05) is 25.7 Å². The standard InChI is InChI=1S/C19H21F3N2.CH3I/c1-13(23)15-7-5-14(6-8-15)11-24-10-9-17-16(12-24)3-2-4-18(17)19(20,21)22;1-2/h2-8,13H,9-12,23H2,1H3;1H3/t13-;/m0./s1. The van der Waals surface area contributed by atoms with Crippen LogP contribution in [0.4, 0.5) is 13.2 Å². The molecule has 0 saturated carbocycles. The molecule has 1 heterocycles. The van der Waals surface area contributed by atoms with Crippen molar-refractivity contribution >= 4 is 22.6 Å². The molecule has 0 saturated heterocycles. The van der Waals surface area contributed by atoms with E-state index in [9.17, 15) is 13.2 Å². The highest BCUT2D eigenvalue weighted by atomic mass is 127. The van der Waals surface area contributed by atoms with Crippen LogP contribution in [0.5, 0.6) is 0 Å². The first-order valence-electron chi connectivity index (χ1n) is 8.47. The average molecular weight is 476 g/mol. The summed E-state index contributed by atoms with van der Waals surface area (Å²) in [5.41, 5.74) is 8.83. The largest absolute Gasteiger partial charge is 0.416 e. The van der Waals surface area contributed by atoms with Gasteiger partial charge in [-0.05, 0) is 46.6 Å². The van der Waals surface area contributed by atoms with E-state index in [0.29, 0.717) is 25.1 Å². The second-order valence-corrected chi connectivity index (χ2v) is 6.43. The quantitative estimate of drug-likeness (QED) is 0.479. The molecule has 2 aromatic carbocycles. The van der Waals surface area contributed by atoms with Crippen molar-refractivity contribution in [3.05, 3.63) is 70.3 Å². The fourth-order valence-corrected chi connectivity index (χ4v) is 3.25. The first kappa shape index (κ1) is 21.2. The maximum Gasteiger partial charge on any atom is 0.416 e. The molecule has 26 heavy (non-hydrogen) atoms. The second kappa shape index (κ2) is 9.19. The minimum atomic E-state index is -4.28. The van der Waals surface area contributed by atoms with Crippen molar-refractivity contribution in [2.24, 2.45) is 5.73 Å². The first-order valence-corrected chi connectivity index (χ1v) is 10.6. The zero-order chi connectivity index (χ0) is 19.3. The molecule has 0 unspecified atom stereocenters. The Balaban J connectivity index is 0.00000117. The Bertz CT molecular complexity index is 712. The molecule has 0 fully saturated rings. The van der Waals surface area contributed by atoms with Crippen molar-refractivity contribution in [3.8, 4) is 0 Å². The zero-order valence-corrected chi connectivity index (χ0v) is 17.1. The van der Waals surface area contributed by atoms with Gasteiger partial charge < -0.3 is 5.73 Å². The van der Waals surface area contributed by atoms with E-state index in [2.05, 4.69) is 27.5 Å². The van der Waals surface area contributed by atoms with Gasteiger partial charge >= 0.3 is 6.18 Å². The van der Waals surface area contributed by atoms with Crippen LogP contribution in [-0.4, -0.2) is 16.4 Å². The summed E-state index contributed by atoms with van der Waals surface area (Å²) in [5, 5.41) is 0. The molecule has 142 valence electrons. The Labute approximate surface area is 166 Å². The van der Waals surface area contributed by atoms with Crippen molar-refractivity contribution in [1.82, 2.24) is 4.90 Å². The van der Waals surface area contributed by atoms with Crippen LogP contribution < -0.4 is 5.73 Å². The Kier molecular flexibility index (Phi) is 7.49. The molecule has 0 spiro atoms. The Morgan fingerprint density at radius 3 is 2.35 bits per heavy atom. The first-order chi connectivity index (χ1) is 12.3. The van der Waals surface area contributed by atoms with Gasteiger partial charge in [0.2, 0.25) is 0 Å². The Morgan fingerprint density at radius 1 is 1.12 bits per heavy atom. The summed E-state index contributed by atoms with van der Waals surface area (Å²) in [4.78, 5) is 4.15. The summed E-state index contributed by atoms with van der Waals surface area (Å²) in [5.74, 6) is 0. The molecule has 1 atom stereocenters. The molecule has 2 N–H and O–H groups in total. The average Bonchev–Trinajstić information content (AvgIpc) is 2.62. The van der Waals surface area contributed by atoms with E-state index in [-0.39, 0.29) is 6.04 Å². The summed E-state index contributed by atoms with van der Waals surface area (Å²) in [6.45, 7) is 3.85. The smallest absolute Gasteiger partial charge is 0.324 e. The summed E-state index contributed by atoms with van der Waals surface area (Å²) in [6.07, 6.45) is -3.84. The van der Waals surface area contributed by atoms with Crippen LogP contribution in [0.25, 0.3) is 0 Å². The van der Waals surface area contributed by atoms with Gasteiger partial charge in [0.15, 0.2) is 0 Å². The van der Waals surface area contributed by atoms with Crippen LogP contribution in [0, 0.1) is 0 Å². The van der Waals surface area contributed by atoms with Gasteiger partial charge in [-0.3, -0.25) is 4.90 Å². The SMILES string of the molecule is CI.C[C@H](N)c1ccc(CN2CCc3c(cccc3C(F)(F)F)C2)cc1. The number of hydrogen-bond donors (Lipinski definition) is 1. The third-order valence-electron chi connectivity index (χ3n) is 4.56. The normalized spacial score (nSPS) is 15.7. The van der Waals surface area contributed by atoms with E-state index >= 15 is 0 Å². The minimum absolute atomic E-state index is 0.00158. The van der Waals surface area contributed by atoms with Crippen molar-refractivity contribution in [1.29, 1.82) is 0 Å². The third kappa shape index (κ3) is 5.20. The number of fused-ring (bicyclic) bond motifs is 1. The number of benzene rings is 2. The summed E-state index contributed by atoms with van der Waals surface area (Å²) < 4.78 is 39.3. The highest BCUT2D eigenvalue weighted by Crippen LogP contribution is 2.35. The van der Waals surface area contributed by atoms with E-state index in [0.717, 1.165) is 23.2 Å². The molecule has 0 aromatic heterocycles. The predicted octanol–water partition coefficient (Wildman–Crippen LogP) is 5.33. The van der Waals surface area contributed by atoms with Crippen LogP contribution in [-0.2, 0) is 25.7 Å². The van der Waals surface area contributed by atoms with E-state index in [1.54, 1.807) is 6.07 Å². The maximum absolute atomic E-state index is 13.1. The lowest BCUT2D eigenvalue weighted by Gasteiger charge is -2.30. The summed E-state index contributed by atoms with van der Waals surface area (Å²) >= 11 is 2.15. The lowest BCUT2D eigenvalue weighted by Crippen LogP contribution is -2.31. The topological polar surface area (TPSA) is 29.3 Å². The van der Waals surface area contributed by atoms with Crippen molar-refractivity contribution in [3.63, 3.8) is 0 Å². The third-order valence-corrected chi connectivity index (χ3v) is 4.56. The lowest BCUT2D eigenvalue weighted by atomic mass is 9.94. The van der Waals surface area contributed by atoms with Gasteiger partial charge in [0.1, 0.15) is 0 Å². The fourth-order valence-electron chi connectivity index (χ4n) is 3.25. The number of nitrogens with zero attached hydrogens (tertiary/aromatic N) is 1. The molecule has 3 rings (SSSR count). The maximum atomic E-state index is 13.1. The van der Waals surface area contributed by atoms with Crippen LogP contribution in [0.3, 0.4) is 0 Å². The van der Waals surface area contributed by atoms with Gasteiger partial charge in [0.25, 0.3) is 0 Å². The molecule has 0 aliphatic carbocycles. The molecular formula is C20H24F3IN2. The van der Waals surface area contributed by atoms with Crippen LogP contribution in [0.15, 0.2) is 42.5 Å². The molecule has 1 aliphatic rings. The van der Waals surface area contributed by atoms with Gasteiger partial charge in [0.05, 0.1) is 5.56 Å². The van der Waals surface area contributed by atoms with E-state index in [4.69, 9.17) is 5.73 Å². The molecule has 1 aliphatic heterocycles. The van der Waals surface area contributed by atoms with Crippen molar-refractivity contribution in [2.75, 3.05) is 11.5 Å². The number of hydrogen-bond acceptors (Lipinski definition) is 2. The van der Waals surface area contributed by atoms with Crippen LogP contribution >= 0.6 is 22.6 Å². The molecule has 6 heteroatoms. The lowest BCUT2D eigenvalue weighted by molar-refractivity contribution is -0.138. The molecule has 2 nitrogen and oxygen atoms in total. The highest BCUT2D eigenvalue weighted by Gasteiger charge is 2.35. The Hall–Kier alpha value is -1.12. The van der Waals surface area contributed by atoms with Gasteiger partial charge in [-0.15, -0.1) is 0 Å². The summed E-state index contributed by atoms with van der Waals surface area (Å²) in [6, 6.07) is 12.6. The van der Waals surface area contributed by atoms with Crippen molar-refractivity contribution < 1.29 is 13.2 Å². The van der Waals surface area contributed by atoms with E-state index in [1.165, 1.54) is 12.1 Å². The monoisotopic (exact) mass is 476 g/mol. The number of nitrogens with two attached hydrogens (primary N) is 1. The predicted molar refractivity (Wildman–Crippen MR) is 108 cm³/mol. The zero-order valence-electron chi connectivity index (χ0n) is 15.0. The van der Waals surface area contributed by atoms with Gasteiger partial charge in [-0.25, -0.2) is 0 Å². The van der Waals surface area contributed by atoms with Crippen LogP contribution in [0.2, 0.25) is 0 Å². The molecule has 0 radical (unpaired) electrons. The minimum Gasteiger partial charge on any atom is -0.324 e. The van der Waals surface area contributed by atoms with E-state index < -0.39 is 11.7 Å². The number of alkyl halides is 4. The molecule has 0 amide bonds. The molecule has 0 bridgehead atoms. The van der Waals surface area contributed by atoms with Crippen LogP contribution in [0.1, 0.15) is 40.8 Å². The van der Waals surface area contributed by atoms with Crippen molar-refractivity contribution in [2.45, 2.75) is 38.7 Å². The number of rotatable bonds is 3. The Morgan fingerprint density at radius 2 is 1.77 bits per heavy atom. The number of halogens is 4. The molecular weight excluding hydrogens is 452 g/mol. The van der Waals surface area contributed by atoms with Gasteiger partial charge in [-0.2, -0.15) is 13.2 Å². The fraction of sp³-hybridized carbons (Fsp3) is 0.400.